The minimum Gasteiger partial charge on any atom is -0.364 e. The van der Waals surface area contributed by atoms with Gasteiger partial charge in [-0.3, -0.25) is 9.36 Å². The fourth-order valence-electron chi connectivity index (χ4n) is 3.57. The molecule has 2 aromatic heterocycles. The Morgan fingerprint density at radius 1 is 1.12 bits per heavy atom. The van der Waals surface area contributed by atoms with Crippen LogP contribution in [0.3, 0.4) is 0 Å². The maximum Gasteiger partial charge on any atom is 0.327 e. The number of hydrogen-bond acceptors (Lipinski definition) is 4. The Morgan fingerprint density at radius 2 is 1.84 bits per heavy atom. The topological polar surface area (TPSA) is 107 Å². The zero-order valence-electron chi connectivity index (χ0n) is 13.7. The lowest BCUT2D eigenvalue weighted by molar-refractivity contribution is 0.0997. The van der Waals surface area contributed by atoms with Crippen LogP contribution in [0, 0.1) is 0 Å². The summed E-state index contributed by atoms with van der Waals surface area (Å²) < 4.78 is 1.68. The Balaban J connectivity index is 1.98. The average molecular weight is 337 g/mol. The molecule has 7 heteroatoms. The van der Waals surface area contributed by atoms with Gasteiger partial charge in [-0.1, -0.05) is 49.6 Å². The molecule has 0 bridgehead atoms. The molecule has 4 rings (SSSR count). The summed E-state index contributed by atoms with van der Waals surface area (Å²) in [5.41, 5.74) is 6.85. The van der Waals surface area contributed by atoms with Crippen molar-refractivity contribution >= 4 is 17.1 Å². The molecule has 2 heterocycles. The van der Waals surface area contributed by atoms with E-state index in [1.54, 1.807) is 4.57 Å². The molecule has 128 valence electrons. The molecule has 3 aromatic rings. The Morgan fingerprint density at radius 3 is 2.52 bits per heavy atom. The van der Waals surface area contributed by atoms with E-state index in [1.165, 1.54) is 6.42 Å². The lowest BCUT2D eigenvalue weighted by Crippen LogP contribution is -2.24. The molecule has 0 spiro atoms. The van der Waals surface area contributed by atoms with E-state index in [-0.39, 0.29) is 17.4 Å². The first-order valence-electron chi connectivity index (χ1n) is 8.52. The van der Waals surface area contributed by atoms with Crippen LogP contribution in [0.5, 0.6) is 0 Å². The van der Waals surface area contributed by atoms with Gasteiger partial charge in [0.2, 0.25) is 0 Å². The molecule has 1 amide bonds. The van der Waals surface area contributed by atoms with E-state index in [4.69, 9.17) is 5.73 Å². The zero-order chi connectivity index (χ0) is 17.4. The van der Waals surface area contributed by atoms with Crippen molar-refractivity contribution in [2.45, 2.75) is 38.1 Å². The van der Waals surface area contributed by atoms with Crippen molar-refractivity contribution < 1.29 is 4.79 Å². The fraction of sp³-hybridized carbons (Fsp3) is 0.333. The Kier molecular flexibility index (Phi) is 3.83. The van der Waals surface area contributed by atoms with Crippen LogP contribution in [0.15, 0.2) is 35.1 Å². The van der Waals surface area contributed by atoms with Crippen LogP contribution in [-0.2, 0) is 0 Å². The fourth-order valence-corrected chi connectivity index (χ4v) is 3.57. The molecule has 25 heavy (non-hydrogen) atoms. The van der Waals surface area contributed by atoms with Crippen LogP contribution in [0.2, 0.25) is 0 Å². The number of aromatic nitrogens is 4. The van der Waals surface area contributed by atoms with Crippen molar-refractivity contribution in [2.24, 2.45) is 5.73 Å². The maximum atomic E-state index is 12.5. The molecule has 0 radical (unpaired) electrons. The first-order chi connectivity index (χ1) is 12.1. The monoisotopic (exact) mass is 337 g/mol. The van der Waals surface area contributed by atoms with Crippen LogP contribution in [0.25, 0.3) is 22.6 Å². The highest BCUT2D eigenvalue weighted by Gasteiger charge is 2.24. The van der Waals surface area contributed by atoms with Crippen molar-refractivity contribution in [3.8, 4) is 11.4 Å². The number of rotatable bonds is 3. The summed E-state index contributed by atoms with van der Waals surface area (Å²) in [6, 6.07) is 9.46. The quantitative estimate of drug-likeness (QED) is 0.765. The number of nitrogens with one attached hydrogen (secondary N) is 1. The van der Waals surface area contributed by atoms with Gasteiger partial charge >= 0.3 is 5.69 Å². The van der Waals surface area contributed by atoms with Crippen molar-refractivity contribution in [1.29, 1.82) is 0 Å². The van der Waals surface area contributed by atoms with Gasteiger partial charge in [0.05, 0.1) is 0 Å². The molecular weight excluding hydrogens is 318 g/mol. The number of primary amides is 1. The van der Waals surface area contributed by atoms with E-state index in [0.717, 1.165) is 31.2 Å². The van der Waals surface area contributed by atoms with Gasteiger partial charge in [-0.05, 0) is 12.8 Å². The third-order valence-electron chi connectivity index (χ3n) is 4.77. The third-order valence-corrected chi connectivity index (χ3v) is 4.77. The number of benzene rings is 1. The lowest BCUT2D eigenvalue weighted by Gasteiger charge is -2.22. The van der Waals surface area contributed by atoms with Crippen LogP contribution in [0.4, 0.5) is 0 Å². The first kappa shape index (κ1) is 15.6. The smallest absolute Gasteiger partial charge is 0.327 e. The maximum absolute atomic E-state index is 12.5. The Labute approximate surface area is 143 Å². The molecule has 1 saturated carbocycles. The summed E-state index contributed by atoms with van der Waals surface area (Å²) >= 11 is 0. The molecular formula is C18H19N5O2. The van der Waals surface area contributed by atoms with E-state index in [0.29, 0.717) is 17.0 Å². The van der Waals surface area contributed by atoms with Crippen LogP contribution < -0.4 is 11.4 Å². The van der Waals surface area contributed by atoms with Gasteiger partial charge < -0.3 is 10.7 Å². The number of carbonyl (C=O) groups excluding carboxylic acids is 1. The molecule has 1 aliphatic rings. The molecule has 3 N–H and O–H groups in total. The third kappa shape index (κ3) is 2.71. The van der Waals surface area contributed by atoms with Gasteiger partial charge in [0.25, 0.3) is 5.91 Å². The highest BCUT2D eigenvalue weighted by molar-refractivity contribution is 6.01. The number of nitrogens with two attached hydrogens (primary N) is 1. The van der Waals surface area contributed by atoms with Gasteiger partial charge in [0.15, 0.2) is 17.2 Å². The molecule has 1 aromatic carbocycles. The minimum absolute atomic E-state index is 0.0514. The standard InChI is InChI=1S/C18H19N5O2/c19-15(24)13-14-17(22-16(20-13)11-7-3-1-4-8-11)23(18(25)21-14)12-9-5-2-6-10-12/h1,3-4,7-8,12H,2,5-6,9-10H2,(H2,19,24)(H,21,25). The number of fused-ring (bicyclic) bond motifs is 1. The van der Waals surface area contributed by atoms with Gasteiger partial charge in [0.1, 0.15) is 5.52 Å². The van der Waals surface area contributed by atoms with Crippen LogP contribution >= 0.6 is 0 Å². The highest BCUT2D eigenvalue weighted by Crippen LogP contribution is 2.30. The number of carbonyl (C=O) groups is 1. The second-order valence-corrected chi connectivity index (χ2v) is 6.42. The van der Waals surface area contributed by atoms with E-state index >= 15 is 0 Å². The minimum atomic E-state index is -0.679. The van der Waals surface area contributed by atoms with E-state index in [9.17, 15) is 9.59 Å². The van der Waals surface area contributed by atoms with E-state index in [1.807, 2.05) is 30.3 Å². The largest absolute Gasteiger partial charge is 0.364 e. The summed E-state index contributed by atoms with van der Waals surface area (Å²) in [7, 11) is 0. The summed E-state index contributed by atoms with van der Waals surface area (Å²) in [6.07, 6.45) is 5.23. The lowest BCUT2D eigenvalue weighted by atomic mass is 9.95. The summed E-state index contributed by atoms with van der Waals surface area (Å²) in [5, 5.41) is 0. The molecule has 7 nitrogen and oxygen atoms in total. The van der Waals surface area contributed by atoms with Gasteiger partial charge in [-0.15, -0.1) is 0 Å². The number of imidazole rings is 1. The predicted molar refractivity (Wildman–Crippen MR) is 94.2 cm³/mol. The highest BCUT2D eigenvalue weighted by atomic mass is 16.2. The SMILES string of the molecule is NC(=O)c1nc(-c2ccccc2)nc2c1[nH]c(=O)n2C1CCCCC1. The normalized spacial score (nSPS) is 15.5. The van der Waals surface area contributed by atoms with Gasteiger partial charge in [-0.2, -0.15) is 0 Å². The van der Waals surface area contributed by atoms with Crippen molar-refractivity contribution in [3.05, 3.63) is 46.5 Å². The number of aromatic amines is 1. The predicted octanol–water partition coefficient (Wildman–Crippen LogP) is 2.39. The molecule has 0 atom stereocenters. The summed E-state index contributed by atoms with van der Waals surface area (Å²) in [5.74, 6) is -0.285. The second-order valence-electron chi connectivity index (χ2n) is 6.42. The Hall–Kier alpha value is -2.96. The van der Waals surface area contributed by atoms with Crippen LogP contribution in [-0.4, -0.2) is 25.4 Å². The van der Waals surface area contributed by atoms with Crippen molar-refractivity contribution in [1.82, 2.24) is 19.5 Å². The summed E-state index contributed by atoms with van der Waals surface area (Å²) in [4.78, 5) is 36.1. The molecule has 1 fully saturated rings. The molecule has 0 unspecified atom stereocenters. The number of amides is 1. The van der Waals surface area contributed by atoms with Crippen LogP contribution in [0.1, 0.15) is 48.6 Å². The first-order valence-corrected chi connectivity index (χ1v) is 8.52. The molecule has 1 aliphatic carbocycles. The number of H-pyrrole nitrogens is 1. The number of nitrogens with zero attached hydrogens (tertiary/aromatic N) is 3. The van der Waals surface area contributed by atoms with E-state index in [2.05, 4.69) is 15.0 Å². The van der Waals surface area contributed by atoms with Crippen molar-refractivity contribution in [2.75, 3.05) is 0 Å². The van der Waals surface area contributed by atoms with Gasteiger partial charge in [0, 0.05) is 11.6 Å². The molecule has 0 aliphatic heterocycles. The van der Waals surface area contributed by atoms with Gasteiger partial charge in [-0.25, -0.2) is 14.8 Å². The second kappa shape index (κ2) is 6.16. The number of hydrogen-bond donors (Lipinski definition) is 2. The summed E-state index contributed by atoms with van der Waals surface area (Å²) in [6.45, 7) is 0. The zero-order valence-corrected chi connectivity index (χ0v) is 13.7. The Bertz CT molecular complexity index is 984. The molecule has 0 saturated heterocycles. The van der Waals surface area contributed by atoms with E-state index < -0.39 is 5.91 Å². The van der Waals surface area contributed by atoms with Crippen molar-refractivity contribution in [3.63, 3.8) is 0 Å². The average Bonchev–Trinajstić information content (AvgIpc) is 2.98.